The molecule has 0 saturated heterocycles. The number of ether oxygens (including phenoxy) is 2. The molecule has 0 rings (SSSR count). The van der Waals surface area contributed by atoms with Gasteiger partial charge in [-0.15, -0.1) is 0 Å². The standard InChI is InChI=1S/C44H88NO7P/c1-3-5-7-9-11-13-15-17-18-19-20-21-22-23-24-25-26-28-30-32-34-36-39-49-41-43(42-51-53(47,48)50-40-38-45)52-44(46)37-35-33-31-29-27-16-14-12-10-8-6-4-2/h19-20,43H,3-18,21-42,45H2,1-2H3,(H,47,48)/b20-19-. The molecule has 8 nitrogen and oxygen atoms in total. The molecule has 3 N–H and O–H groups in total. The van der Waals surface area contributed by atoms with Gasteiger partial charge in [0.05, 0.1) is 19.8 Å². The van der Waals surface area contributed by atoms with E-state index in [4.69, 9.17) is 24.3 Å². The maximum absolute atomic E-state index is 12.6. The van der Waals surface area contributed by atoms with Gasteiger partial charge in [-0.3, -0.25) is 13.8 Å². The molecule has 0 saturated carbocycles. The van der Waals surface area contributed by atoms with Crippen molar-refractivity contribution in [3.63, 3.8) is 0 Å². The van der Waals surface area contributed by atoms with Crippen LogP contribution in [0.5, 0.6) is 0 Å². The molecule has 0 fully saturated rings. The molecule has 0 heterocycles. The summed E-state index contributed by atoms with van der Waals surface area (Å²) in [7, 11) is -4.27. The van der Waals surface area contributed by atoms with Crippen molar-refractivity contribution in [1.29, 1.82) is 0 Å². The molecule has 0 bridgehead atoms. The van der Waals surface area contributed by atoms with Gasteiger partial charge in [-0.05, 0) is 38.5 Å². The van der Waals surface area contributed by atoms with Crippen molar-refractivity contribution >= 4 is 13.8 Å². The second kappa shape index (κ2) is 42.4. The Morgan fingerprint density at radius 3 is 1.38 bits per heavy atom. The number of rotatable bonds is 44. The molecule has 2 atom stereocenters. The van der Waals surface area contributed by atoms with E-state index in [1.54, 1.807) is 0 Å². The Hall–Kier alpha value is -0.760. The molecule has 0 radical (unpaired) electrons. The Bertz CT molecular complexity index is 828. The van der Waals surface area contributed by atoms with Crippen molar-refractivity contribution < 1.29 is 32.8 Å². The summed E-state index contributed by atoms with van der Waals surface area (Å²) >= 11 is 0. The Kier molecular flexibility index (Phi) is 41.8. The molecule has 316 valence electrons. The fraction of sp³-hybridized carbons (Fsp3) is 0.932. The SMILES string of the molecule is CCCCCCCCCC/C=C\CCCCCCCCCCCCOCC(COP(=O)(O)OCCN)OC(=O)CCCCCCCCCCCCCC. The molecule has 2 unspecified atom stereocenters. The summed E-state index contributed by atoms with van der Waals surface area (Å²) < 4.78 is 33.4. The number of hydrogen-bond acceptors (Lipinski definition) is 7. The van der Waals surface area contributed by atoms with Crippen molar-refractivity contribution in [3.05, 3.63) is 12.2 Å². The number of esters is 1. The van der Waals surface area contributed by atoms with Crippen LogP contribution in [0.3, 0.4) is 0 Å². The van der Waals surface area contributed by atoms with Gasteiger partial charge in [-0.2, -0.15) is 0 Å². The van der Waals surface area contributed by atoms with E-state index < -0.39 is 13.9 Å². The third-order valence-electron chi connectivity index (χ3n) is 9.93. The van der Waals surface area contributed by atoms with Gasteiger partial charge in [0.1, 0.15) is 6.10 Å². The summed E-state index contributed by atoms with van der Waals surface area (Å²) in [6.45, 7) is 4.96. The van der Waals surface area contributed by atoms with Gasteiger partial charge < -0.3 is 20.1 Å². The number of hydrogen-bond donors (Lipinski definition) is 2. The van der Waals surface area contributed by atoms with E-state index in [0.717, 1.165) is 32.1 Å². The Labute approximate surface area is 328 Å². The normalized spacial score (nSPS) is 13.5. The van der Waals surface area contributed by atoms with Crippen LogP contribution in [0, 0.1) is 0 Å². The number of allylic oxidation sites excluding steroid dienone is 2. The second-order valence-corrected chi connectivity index (χ2v) is 16.7. The molecule has 0 aromatic rings. The van der Waals surface area contributed by atoms with Gasteiger partial charge in [-0.25, -0.2) is 4.57 Å². The summed E-state index contributed by atoms with van der Waals surface area (Å²) in [6, 6.07) is 0. The molecular weight excluding hydrogens is 685 g/mol. The fourth-order valence-electron chi connectivity index (χ4n) is 6.58. The minimum atomic E-state index is -4.27. The van der Waals surface area contributed by atoms with Crippen LogP contribution in [0.4, 0.5) is 0 Å². The highest BCUT2D eigenvalue weighted by atomic mass is 31.2. The minimum absolute atomic E-state index is 0.0922. The first kappa shape index (κ1) is 52.2. The first-order valence-electron chi connectivity index (χ1n) is 22.7. The van der Waals surface area contributed by atoms with Gasteiger partial charge in [0.25, 0.3) is 0 Å². The van der Waals surface area contributed by atoms with E-state index in [1.165, 1.54) is 173 Å². The van der Waals surface area contributed by atoms with E-state index in [0.29, 0.717) is 13.0 Å². The Morgan fingerprint density at radius 2 is 0.943 bits per heavy atom. The van der Waals surface area contributed by atoms with E-state index >= 15 is 0 Å². The molecule has 9 heteroatoms. The van der Waals surface area contributed by atoms with Gasteiger partial charge in [0.2, 0.25) is 0 Å². The average Bonchev–Trinajstić information content (AvgIpc) is 3.15. The third kappa shape index (κ3) is 42.2. The predicted molar refractivity (Wildman–Crippen MR) is 224 cm³/mol. The number of phosphoric ester groups is 1. The molecular formula is C44H88NO7P. The second-order valence-electron chi connectivity index (χ2n) is 15.3. The highest BCUT2D eigenvalue weighted by Gasteiger charge is 2.25. The van der Waals surface area contributed by atoms with Crippen molar-refractivity contribution in [1.82, 2.24) is 0 Å². The van der Waals surface area contributed by atoms with E-state index in [1.807, 2.05) is 0 Å². The molecule has 0 aliphatic heterocycles. The average molecular weight is 774 g/mol. The van der Waals surface area contributed by atoms with Crippen LogP contribution in [0.25, 0.3) is 0 Å². The fourth-order valence-corrected chi connectivity index (χ4v) is 7.35. The number of nitrogens with two attached hydrogens (primary N) is 1. The molecule has 0 amide bonds. The quantitative estimate of drug-likeness (QED) is 0.0272. The number of phosphoric acid groups is 1. The zero-order chi connectivity index (χ0) is 38.8. The zero-order valence-corrected chi connectivity index (χ0v) is 35.9. The molecule has 53 heavy (non-hydrogen) atoms. The third-order valence-corrected chi connectivity index (χ3v) is 10.9. The van der Waals surface area contributed by atoms with Crippen LogP contribution in [0.15, 0.2) is 12.2 Å². The topological polar surface area (TPSA) is 117 Å². The predicted octanol–water partition coefficient (Wildman–Crippen LogP) is 13.5. The van der Waals surface area contributed by atoms with Gasteiger partial charge >= 0.3 is 13.8 Å². The number of unbranched alkanes of at least 4 members (excludes halogenated alkanes) is 29. The van der Waals surface area contributed by atoms with E-state index in [-0.39, 0.29) is 32.3 Å². The molecule has 0 spiro atoms. The maximum atomic E-state index is 12.6. The van der Waals surface area contributed by atoms with Crippen LogP contribution in [0.2, 0.25) is 0 Å². The lowest BCUT2D eigenvalue weighted by Crippen LogP contribution is -2.28. The summed E-state index contributed by atoms with van der Waals surface area (Å²) in [4.78, 5) is 22.4. The molecule has 0 aliphatic carbocycles. The van der Waals surface area contributed by atoms with E-state index in [2.05, 4.69) is 26.0 Å². The summed E-state index contributed by atoms with van der Waals surface area (Å²) in [5.74, 6) is -0.328. The first-order chi connectivity index (χ1) is 25.9. The number of carbonyl (C=O) groups is 1. The van der Waals surface area contributed by atoms with Crippen molar-refractivity contribution in [2.24, 2.45) is 5.73 Å². The summed E-state index contributed by atoms with van der Waals surface area (Å²) in [5, 5.41) is 0. The van der Waals surface area contributed by atoms with Crippen molar-refractivity contribution in [3.8, 4) is 0 Å². The maximum Gasteiger partial charge on any atom is 0.472 e. The van der Waals surface area contributed by atoms with Gasteiger partial charge in [-0.1, -0.05) is 193 Å². The summed E-state index contributed by atoms with van der Waals surface area (Å²) in [5.41, 5.74) is 5.37. The smallest absolute Gasteiger partial charge is 0.457 e. The lowest BCUT2D eigenvalue weighted by atomic mass is 10.0. The highest BCUT2D eigenvalue weighted by Crippen LogP contribution is 2.43. The van der Waals surface area contributed by atoms with Crippen LogP contribution < -0.4 is 5.73 Å². The zero-order valence-electron chi connectivity index (χ0n) is 35.0. The minimum Gasteiger partial charge on any atom is -0.457 e. The van der Waals surface area contributed by atoms with Crippen LogP contribution in [-0.2, 0) is 27.9 Å². The number of carbonyl (C=O) groups excluding carboxylic acids is 1. The van der Waals surface area contributed by atoms with Crippen molar-refractivity contribution in [2.45, 2.75) is 232 Å². The highest BCUT2D eigenvalue weighted by molar-refractivity contribution is 7.47. The van der Waals surface area contributed by atoms with Gasteiger partial charge in [0, 0.05) is 19.6 Å². The monoisotopic (exact) mass is 774 g/mol. The summed E-state index contributed by atoms with van der Waals surface area (Å²) in [6.07, 6.45) is 45.2. The lowest BCUT2D eigenvalue weighted by Gasteiger charge is -2.20. The first-order valence-corrected chi connectivity index (χ1v) is 24.2. The van der Waals surface area contributed by atoms with Gasteiger partial charge in [0.15, 0.2) is 0 Å². The van der Waals surface area contributed by atoms with E-state index in [9.17, 15) is 14.3 Å². The van der Waals surface area contributed by atoms with Crippen LogP contribution in [-0.4, -0.2) is 49.9 Å². The van der Waals surface area contributed by atoms with Crippen LogP contribution in [0.1, 0.15) is 226 Å². The Morgan fingerprint density at radius 1 is 0.547 bits per heavy atom. The van der Waals surface area contributed by atoms with Crippen LogP contribution >= 0.6 is 7.82 Å². The largest absolute Gasteiger partial charge is 0.472 e. The molecule has 0 aromatic heterocycles. The Balaban J connectivity index is 3.91. The molecule has 0 aromatic carbocycles. The lowest BCUT2D eigenvalue weighted by molar-refractivity contribution is -0.154. The van der Waals surface area contributed by atoms with Crippen molar-refractivity contribution in [2.75, 3.05) is 33.0 Å². The molecule has 0 aliphatic rings.